The third-order valence-electron chi connectivity index (χ3n) is 3.58. The first-order valence-corrected chi connectivity index (χ1v) is 6.91. The van der Waals surface area contributed by atoms with Crippen molar-refractivity contribution in [1.29, 1.82) is 0 Å². The zero-order valence-electron chi connectivity index (χ0n) is 11.3. The molecule has 0 radical (unpaired) electrons. The zero-order valence-corrected chi connectivity index (χ0v) is 11.3. The summed E-state index contributed by atoms with van der Waals surface area (Å²) in [5.41, 5.74) is 0. The molecule has 1 aliphatic rings. The van der Waals surface area contributed by atoms with Gasteiger partial charge in [0, 0.05) is 26.0 Å². The molecule has 0 fully saturated rings. The van der Waals surface area contributed by atoms with Crippen LogP contribution in [0, 0.1) is 0 Å². The Morgan fingerprint density at radius 1 is 0.938 bits per heavy atom. The smallest absolute Gasteiger partial charge is 0.0974 e. The predicted molar refractivity (Wildman–Crippen MR) is 71.1 cm³/mol. The molecule has 16 heavy (non-hydrogen) atoms. The van der Waals surface area contributed by atoms with Crippen molar-refractivity contribution in [2.45, 2.75) is 65.0 Å². The fraction of sp³-hybridized carbons (Fsp3) is 0.857. The van der Waals surface area contributed by atoms with E-state index in [1.54, 1.807) is 0 Å². The summed E-state index contributed by atoms with van der Waals surface area (Å²) in [7, 11) is 2.14. The van der Waals surface area contributed by atoms with Gasteiger partial charge in [-0.1, -0.05) is 45.4 Å². The number of hydrogen-bond acceptors (Lipinski definition) is 2. The van der Waals surface area contributed by atoms with Crippen molar-refractivity contribution in [3.8, 4) is 0 Å². The SMILES string of the molecule is CCCCCCCCCN1C=CN(C)C1C. The molecular formula is C14H28N2. The van der Waals surface area contributed by atoms with E-state index in [0.29, 0.717) is 6.17 Å². The minimum absolute atomic E-state index is 0.556. The molecule has 0 aliphatic carbocycles. The average Bonchev–Trinajstić information content (AvgIpc) is 2.59. The van der Waals surface area contributed by atoms with Gasteiger partial charge in [-0.15, -0.1) is 0 Å². The molecular weight excluding hydrogens is 196 g/mol. The Morgan fingerprint density at radius 2 is 1.56 bits per heavy atom. The largest absolute Gasteiger partial charge is 0.359 e. The molecule has 1 atom stereocenters. The lowest BCUT2D eigenvalue weighted by Crippen LogP contribution is -2.34. The van der Waals surface area contributed by atoms with E-state index in [0.717, 1.165) is 0 Å². The van der Waals surface area contributed by atoms with Crippen molar-refractivity contribution in [3.63, 3.8) is 0 Å². The van der Waals surface area contributed by atoms with Gasteiger partial charge in [0.05, 0.1) is 6.17 Å². The van der Waals surface area contributed by atoms with Crippen LogP contribution >= 0.6 is 0 Å². The summed E-state index contributed by atoms with van der Waals surface area (Å²) < 4.78 is 0. The van der Waals surface area contributed by atoms with Crippen LogP contribution in [0.2, 0.25) is 0 Å². The number of hydrogen-bond donors (Lipinski definition) is 0. The van der Waals surface area contributed by atoms with Crippen LogP contribution in [0.25, 0.3) is 0 Å². The molecule has 1 aliphatic heterocycles. The summed E-state index contributed by atoms with van der Waals surface area (Å²) in [6, 6.07) is 0. The molecule has 2 heteroatoms. The van der Waals surface area contributed by atoms with Crippen LogP contribution in [0.3, 0.4) is 0 Å². The number of unbranched alkanes of at least 4 members (excludes halogenated alkanes) is 6. The van der Waals surface area contributed by atoms with Gasteiger partial charge in [0.25, 0.3) is 0 Å². The van der Waals surface area contributed by atoms with Crippen molar-refractivity contribution in [1.82, 2.24) is 9.80 Å². The maximum Gasteiger partial charge on any atom is 0.0974 e. The normalized spacial score (nSPS) is 19.8. The Bertz CT molecular complexity index is 201. The van der Waals surface area contributed by atoms with Crippen molar-refractivity contribution in [2.24, 2.45) is 0 Å². The fourth-order valence-electron chi connectivity index (χ4n) is 2.19. The number of rotatable bonds is 8. The molecule has 1 rings (SSSR count). The van der Waals surface area contributed by atoms with Gasteiger partial charge in [-0.3, -0.25) is 0 Å². The lowest BCUT2D eigenvalue weighted by Gasteiger charge is -2.26. The quantitative estimate of drug-likeness (QED) is 0.579. The molecule has 0 saturated heterocycles. The Labute approximate surface area is 101 Å². The second-order valence-corrected chi connectivity index (χ2v) is 4.95. The lowest BCUT2D eigenvalue weighted by atomic mass is 10.1. The molecule has 0 bridgehead atoms. The molecule has 0 amide bonds. The van der Waals surface area contributed by atoms with Gasteiger partial charge in [0.2, 0.25) is 0 Å². The molecule has 0 spiro atoms. The molecule has 0 saturated carbocycles. The molecule has 94 valence electrons. The van der Waals surface area contributed by atoms with Crippen LogP contribution in [-0.4, -0.2) is 29.6 Å². The maximum absolute atomic E-state index is 2.44. The van der Waals surface area contributed by atoms with Gasteiger partial charge in [0.1, 0.15) is 0 Å². The highest BCUT2D eigenvalue weighted by molar-refractivity contribution is 4.93. The van der Waals surface area contributed by atoms with Crippen LogP contribution in [0.15, 0.2) is 12.4 Å². The third-order valence-corrected chi connectivity index (χ3v) is 3.58. The van der Waals surface area contributed by atoms with Gasteiger partial charge in [-0.2, -0.15) is 0 Å². The molecule has 0 aromatic carbocycles. The van der Waals surface area contributed by atoms with E-state index in [4.69, 9.17) is 0 Å². The standard InChI is InChI=1S/C14H28N2/c1-4-5-6-7-8-9-10-11-16-13-12-15(3)14(16)2/h12-14H,4-11H2,1-3H3. The Morgan fingerprint density at radius 3 is 2.12 bits per heavy atom. The molecule has 0 aromatic rings. The van der Waals surface area contributed by atoms with E-state index in [9.17, 15) is 0 Å². The average molecular weight is 224 g/mol. The predicted octanol–water partition coefficient (Wildman–Crippen LogP) is 3.80. The second-order valence-electron chi connectivity index (χ2n) is 4.95. The summed E-state index contributed by atoms with van der Waals surface area (Å²) in [4.78, 5) is 4.70. The first kappa shape index (κ1) is 13.4. The minimum atomic E-state index is 0.556. The van der Waals surface area contributed by atoms with Crippen LogP contribution in [0.4, 0.5) is 0 Å². The van der Waals surface area contributed by atoms with Crippen LogP contribution in [0.1, 0.15) is 58.8 Å². The fourth-order valence-corrected chi connectivity index (χ4v) is 2.19. The highest BCUT2D eigenvalue weighted by atomic mass is 15.4. The number of nitrogens with zero attached hydrogens (tertiary/aromatic N) is 2. The summed E-state index contributed by atoms with van der Waals surface area (Å²) in [5.74, 6) is 0. The molecule has 1 unspecified atom stereocenters. The maximum atomic E-state index is 2.44. The van der Waals surface area contributed by atoms with E-state index in [-0.39, 0.29) is 0 Å². The van der Waals surface area contributed by atoms with Crippen LogP contribution in [-0.2, 0) is 0 Å². The topological polar surface area (TPSA) is 6.48 Å². The highest BCUT2D eigenvalue weighted by Gasteiger charge is 2.17. The van der Waals surface area contributed by atoms with Gasteiger partial charge >= 0.3 is 0 Å². The van der Waals surface area contributed by atoms with E-state index in [1.807, 2.05) is 0 Å². The van der Waals surface area contributed by atoms with Crippen molar-refractivity contribution >= 4 is 0 Å². The molecule has 0 aromatic heterocycles. The zero-order chi connectivity index (χ0) is 11.8. The first-order chi connectivity index (χ1) is 7.75. The van der Waals surface area contributed by atoms with Gasteiger partial charge < -0.3 is 9.80 Å². The van der Waals surface area contributed by atoms with Crippen molar-refractivity contribution in [2.75, 3.05) is 13.6 Å². The minimum Gasteiger partial charge on any atom is -0.359 e. The summed E-state index contributed by atoms with van der Waals surface area (Å²) in [6.45, 7) is 5.76. The van der Waals surface area contributed by atoms with E-state index in [2.05, 4.69) is 43.1 Å². The van der Waals surface area contributed by atoms with E-state index < -0.39 is 0 Å². The molecule has 2 nitrogen and oxygen atoms in total. The van der Waals surface area contributed by atoms with E-state index in [1.165, 1.54) is 51.5 Å². The van der Waals surface area contributed by atoms with Gasteiger partial charge in [-0.05, 0) is 13.3 Å². The first-order valence-electron chi connectivity index (χ1n) is 6.91. The van der Waals surface area contributed by atoms with E-state index >= 15 is 0 Å². The Kier molecular flexibility index (Phi) is 6.36. The van der Waals surface area contributed by atoms with Crippen LogP contribution in [0.5, 0.6) is 0 Å². The lowest BCUT2D eigenvalue weighted by molar-refractivity contribution is 0.192. The van der Waals surface area contributed by atoms with Crippen molar-refractivity contribution in [3.05, 3.63) is 12.4 Å². The summed E-state index contributed by atoms with van der Waals surface area (Å²) in [5, 5.41) is 0. The third kappa shape index (κ3) is 4.46. The monoisotopic (exact) mass is 224 g/mol. The Hall–Kier alpha value is -0.660. The van der Waals surface area contributed by atoms with Crippen molar-refractivity contribution < 1.29 is 0 Å². The van der Waals surface area contributed by atoms with Crippen LogP contribution < -0.4 is 0 Å². The van der Waals surface area contributed by atoms with Gasteiger partial charge in [0.15, 0.2) is 0 Å². The highest BCUT2D eigenvalue weighted by Crippen LogP contribution is 2.14. The second kappa shape index (κ2) is 7.59. The molecule has 1 heterocycles. The Balaban J connectivity index is 1.94. The summed E-state index contributed by atoms with van der Waals surface area (Å²) >= 11 is 0. The summed E-state index contributed by atoms with van der Waals surface area (Å²) in [6.07, 6.45) is 14.7. The van der Waals surface area contributed by atoms with Gasteiger partial charge in [-0.25, -0.2) is 0 Å². The molecule has 0 N–H and O–H groups in total.